The van der Waals surface area contributed by atoms with Crippen LogP contribution in [0.3, 0.4) is 0 Å². The lowest BCUT2D eigenvalue weighted by molar-refractivity contribution is 0.115. The molecule has 0 saturated heterocycles. The highest BCUT2D eigenvalue weighted by molar-refractivity contribution is 4.63. The summed E-state index contributed by atoms with van der Waals surface area (Å²) in [5.74, 6) is 0.833. The van der Waals surface area contributed by atoms with Gasteiger partial charge in [-0.25, -0.2) is 0 Å². The Hall–Kier alpha value is -0.0400. The molecule has 0 unspecified atom stereocenters. The fourth-order valence-corrected chi connectivity index (χ4v) is 1.78. The van der Waals surface area contributed by atoms with E-state index in [2.05, 4.69) is 6.92 Å². The third-order valence-corrected chi connectivity index (χ3v) is 2.47. The van der Waals surface area contributed by atoms with Gasteiger partial charge in [-0.15, -0.1) is 0 Å². The van der Waals surface area contributed by atoms with Crippen molar-refractivity contribution in [3.8, 4) is 0 Å². The van der Waals surface area contributed by atoms with Crippen molar-refractivity contribution in [1.29, 1.82) is 0 Å². The predicted octanol–water partition coefficient (Wildman–Crippen LogP) is 2.81. The van der Waals surface area contributed by atoms with E-state index in [0.29, 0.717) is 6.61 Å². The van der Waals surface area contributed by atoms with E-state index in [-0.39, 0.29) is 0 Å². The van der Waals surface area contributed by atoms with E-state index in [1.54, 1.807) is 0 Å². The van der Waals surface area contributed by atoms with Gasteiger partial charge in [0.25, 0.3) is 0 Å². The molecule has 0 N–H and O–H groups in total. The Labute approximate surface area is 70.1 Å². The van der Waals surface area contributed by atoms with Crippen LogP contribution in [0.1, 0.15) is 38.5 Å². The Kier molecular flexibility index (Phi) is 4.60. The molecule has 1 aliphatic rings. The highest BCUT2D eigenvalue weighted by Gasteiger charge is 2.11. The fourth-order valence-electron chi connectivity index (χ4n) is 1.78. The first-order valence-electron chi connectivity index (χ1n) is 4.80. The molecule has 0 aromatic rings. The van der Waals surface area contributed by atoms with Gasteiger partial charge in [0.2, 0.25) is 0 Å². The van der Waals surface area contributed by atoms with E-state index in [1.807, 2.05) is 0 Å². The molecule has 1 saturated carbocycles. The van der Waals surface area contributed by atoms with Gasteiger partial charge in [-0.05, 0) is 25.7 Å². The van der Waals surface area contributed by atoms with Gasteiger partial charge in [0.1, 0.15) is 0 Å². The van der Waals surface area contributed by atoms with Crippen LogP contribution in [0.5, 0.6) is 0 Å². The maximum absolute atomic E-state index is 5.32. The Morgan fingerprint density at radius 3 is 2.27 bits per heavy atom. The number of hydrogen-bond donors (Lipinski definition) is 0. The van der Waals surface area contributed by atoms with Crippen molar-refractivity contribution in [2.75, 3.05) is 13.2 Å². The second-order valence-electron chi connectivity index (χ2n) is 3.43. The topological polar surface area (TPSA) is 9.23 Å². The minimum Gasteiger partial charge on any atom is -0.381 e. The Bertz CT molecular complexity index is 82.9. The van der Waals surface area contributed by atoms with Crippen LogP contribution in [0.15, 0.2) is 0 Å². The molecule has 1 fully saturated rings. The molecule has 0 aromatic carbocycles. The van der Waals surface area contributed by atoms with E-state index >= 15 is 0 Å². The van der Waals surface area contributed by atoms with Gasteiger partial charge in [0.15, 0.2) is 0 Å². The van der Waals surface area contributed by atoms with Gasteiger partial charge in [0, 0.05) is 13.2 Å². The fraction of sp³-hybridized carbons (Fsp3) is 0.900. The molecule has 0 atom stereocenters. The molecule has 0 aliphatic heterocycles. The Balaban J connectivity index is 2.09. The van der Waals surface area contributed by atoms with Gasteiger partial charge in [-0.3, -0.25) is 0 Å². The third kappa shape index (κ3) is 3.76. The molecule has 0 spiro atoms. The predicted molar refractivity (Wildman–Crippen MR) is 47.4 cm³/mol. The van der Waals surface area contributed by atoms with Crippen LogP contribution in [0, 0.1) is 12.8 Å². The molecule has 0 heterocycles. The first-order valence-corrected chi connectivity index (χ1v) is 4.80. The molecule has 1 aliphatic carbocycles. The summed E-state index contributed by atoms with van der Waals surface area (Å²) in [5, 5.41) is 0. The van der Waals surface area contributed by atoms with E-state index in [1.165, 1.54) is 38.5 Å². The van der Waals surface area contributed by atoms with Crippen LogP contribution in [0.2, 0.25) is 0 Å². The average Bonchev–Trinajstić information content (AvgIpc) is 2.28. The van der Waals surface area contributed by atoms with E-state index < -0.39 is 0 Å². The lowest BCUT2D eigenvalue weighted by Gasteiger charge is -2.12. The smallest absolute Gasteiger partial charge is 0.0494 e. The molecule has 1 rings (SSSR count). The summed E-state index contributed by atoms with van der Waals surface area (Å²) in [4.78, 5) is 0. The van der Waals surface area contributed by atoms with Crippen LogP contribution in [0.4, 0.5) is 0 Å². The second kappa shape index (κ2) is 5.59. The molecule has 0 amide bonds. The molecule has 1 nitrogen and oxygen atoms in total. The van der Waals surface area contributed by atoms with Crippen LogP contribution in [-0.2, 0) is 4.74 Å². The number of ether oxygens (including phenoxy) is 1. The monoisotopic (exact) mass is 155 g/mol. The molecular weight excluding hydrogens is 136 g/mol. The lowest BCUT2D eigenvalue weighted by Crippen LogP contribution is -2.08. The molecule has 65 valence electrons. The maximum atomic E-state index is 5.32. The van der Waals surface area contributed by atoms with Crippen molar-refractivity contribution in [1.82, 2.24) is 0 Å². The number of hydrogen-bond acceptors (Lipinski definition) is 1. The van der Waals surface area contributed by atoms with E-state index in [4.69, 9.17) is 4.74 Å². The van der Waals surface area contributed by atoms with Crippen molar-refractivity contribution >= 4 is 0 Å². The summed E-state index contributed by atoms with van der Waals surface area (Å²) in [5.41, 5.74) is 0. The summed E-state index contributed by atoms with van der Waals surface area (Å²) in [6.07, 6.45) is 8.43. The van der Waals surface area contributed by atoms with Crippen molar-refractivity contribution in [2.24, 2.45) is 5.92 Å². The molecule has 1 heteroatoms. The largest absolute Gasteiger partial charge is 0.381 e. The van der Waals surface area contributed by atoms with Crippen LogP contribution in [0.25, 0.3) is 0 Å². The first kappa shape index (κ1) is 9.05. The standard InChI is InChI=1S/C10H19O/c1-2-11-9-10-7-5-3-4-6-8-10/h10H,1-9H2. The van der Waals surface area contributed by atoms with Gasteiger partial charge in [-0.2, -0.15) is 0 Å². The van der Waals surface area contributed by atoms with Crippen molar-refractivity contribution < 1.29 is 4.74 Å². The van der Waals surface area contributed by atoms with E-state index in [0.717, 1.165) is 12.5 Å². The number of rotatable bonds is 3. The molecule has 1 radical (unpaired) electrons. The quantitative estimate of drug-likeness (QED) is 0.569. The second-order valence-corrected chi connectivity index (χ2v) is 3.43. The summed E-state index contributed by atoms with van der Waals surface area (Å²) >= 11 is 0. The zero-order valence-corrected chi connectivity index (χ0v) is 7.35. The van der Waals surface area contributed by atoms with Gasteiger partial charge < -0.3 is 4.74 Å². The maximum Gasteiger partial charge on any atom is 0.0494 e. The van der Waals surface area contributed by atoms with Crippen LogP contribution >= 0.6 is 0 Å². The van der Waals surface area contributed by atoms with Crippen molar-refractivity contribution in [3.63, 3.8) is 0 Å². The van der Waals surface area contributed by atoms with Crippen molar-refractivity contribution in [2.45, 2.75) is 38.5 Å². The SMILES string of the molecule is [CH2]COCC1CCCCCC1. The summed E-state index contributed by atoms with van der Waals surface area (Å²) in [7, 11) is 0. The van der Waals surface area contributed by atoms with Crippen molar-refractivity contribution in [3.05, 3.63) is 6.92 Å². The highest BCUT2D eigenvalue weighted by atomic mass is 16.5. The lowest BCUT2D eigenvalue weighted by atomic mass is 10.0. The summed E-state index contributed by atoms with van der Waals surface area (Å²) < 4.78 is 5.32. The van der Waals surface area contributed by atoms with Gasteiger partial charge in [0.05, 0.1) is 0 Å². The Morgan fingerprint density at radius 1 is 1.09 bits per heavy atom. The van der Waals surface area contributed by atoms with Crippen LogP contribution in [-0.4, -0.2) is 13.2 Å². The molecule has 11 heavy (non-hydrogen) atoms. The zero-order chi connectivity index (χ0) is 7.94. The summed E-state index contributed by atoms with van der Waals surface area (Å²) in [6.45, 7) is 5.25. The van der Waals surface area contributed by atoms with Crippen LogP contribution < -0.4 is 0 Å². The Morgan fingerprint density at radius 2 is 1.73 bits per heavy atom. The van der Waals surface area contributed by atoms with Gasteiger partial charge >= 0.3 is 0 Å². The minimum atomic E-state index is 0.635. The average molecular weight is 155 g/mol. The highest BCUT2D eigenvalue weighted by Crippen LogP contribution is 2.22. The molecule has 0 aromatic heterocycles. The first-order chi connectivity index (χ1) is 5.43. The zero-order valence-electron chi connectivity index (χ0n) is 7.35. The normalized spacial score (nSPS) is 21.5. The molecular formula is C10H19O. The van der Waals surface area contributed by atoms with E-state index in [9.17, 15) is 0 Å². The minimum absolute atomic E-state index is 0.635. The molecule has 0 bridgehead atoms. The third-order valence-electron chi connectivity index (χ3n) is 2.47. The summed E-state index contributed by atoms with van der Waals surface area (Å²) in [6, 6.07) is 0. The van der Waals surface area contributed by atoms with Gasteiger partial charge in [-0.1, -0.05) is 25.7 Å².